The van der Waals surface area contributed by atoms with E-state index in [0.717, 1.165) is 11.3 Å². The van der Waals surface area contributed by atoms with E-state index in [-0.39, 0.29) is 71.7 Å². The van der Waals surface area contributed by atoms with Gasteiger partial charge in [0.2, 0.25) is 0 Å². The van der Waals surface area contributed by atoms with Crippen LogP contribution >= 0.6 is 34.5 Å². The fourth-order valence-corrected chi connectivity index (χ4v) is 5.97. The number of aromatic nitrogens is 2. The summed E-state index contributed by atoms with van der Waals surface area (Å²) in [6.07, 6.45) is 0.220. The van der Waals surface area contributed by atoms with Crippen LogP contribution in [0, 0.1) is 18.8 Å². The molecule has 0 spiro atoms. The molecule has 2 atom stereocenters. The number of hydrogen-bond acceptors (Lipinski definition) is 6. The Hall–Kier alpha value is -2.48. The first-order valence-corrected chi connectivity index (χ1v) is 12.4. The van der Waals surface area contributed by atoms with Gasteiger partial charge in [-0.25, -0.2) is 14.6 Å². The van der Waals surface area contributed by atoms with Crippen LogP contribution in [0.25, 0.3) is 0 Å². The molecule has 1 aromatic carbocycles. The van der Waals surface area contributed by atoms with Gasteiger partial charge in [-0.05, 0) is 24.6 Å². The molecule has 2 fully saturated rings. The molecule has 2 aromatic heterocycles. The van der Waals surface area contributed by atoms with Crippen LogP contribution in [0.5, 0.6) is 0 Å². The van der Waals surface area contributed by atoms with Crippen molar-refractivity contribution in [3.05, 3.63) is 67.4 Å². The topological polar surface area (TPSA) is 136 Å². The summed E-state index contributed by atoms with van der Waals surface area (Å²) in [5.41, 5.74) is 2.10. The number of amides is 1. The molecule has 1 saturated heterocycles. The number of H-pyrrole nitrogens is 1. The average molecular weight is 543 g/mol. The zero-order chi connectivity index (χ0) is 25.0. The molecule has 184 valence electrons. The Morgan fingerprint density at radius 2 is 1.89 bits per heavy atom. The quantitative estimate of drug-likeness (QED) is 0.328. The standard InChI is InChI=1S/C23H20Cl2N4O5S.Li.H/c1-9-15(24)16(25)18(26-9)20(30)28-17-12-7-29(8-13(12)17)23-27-14(19(35-23)22(33)34)6-10-3-2-4-11(5-10)21(31)32;;/h2-5,12-13,17,26H,6-8H2,1H3,(H,28,30)(H,31,32)(H,33,34);;/q;+1;-1. The van der Waals surface area contributed by atoms with Crippen molar-refractivity contribution in [3.63, 3.8) is 0 Å². The zero-order valence-electron chi connectivity index (χ0n) is 20.3. The molecule has 3 aromatic rings. The van der Waals surface area contributed by atoms with Crippen LogP contribution in [0.15, 0.2) is 24.3 Å². The van der Waals surface area contributed by atoms with Gasteiger partial charge < -0.3 is 26.8 Å². The van der Waals surface area contributed by atoms with Crippen molar-refractivity contribution in [2.24, 2.45) is 11.8 Å². The second kappa shape index (κ2) is 10.1. The number of carbonyl (C=O) groups is 3. The maximum Gasteiger partial charge on any atom is 1.00 e. The number of anilines is 1. The second-order valence-electron chi connectivity index (χ2n) is 8.74. The number of aromatic amines is 1. The number of piperidine rings is 1. The van der Waals surface area contributed by atoms with E-state index >= 15 is 0 Å². The van der Waals surface area contributed by atoms with Gasteiger partial charge in [0.25, 0.3) is 5.91 Å². The van der Waals surface area contributed by atoms with E-state index in [1.807, 2.05) is 4.90 Å². The number of nitrogens with one attached hydrogen (secondary N) is 2. The number of hydrogen-bond donors (Lipinski definition) is 4. The van der Waals surface area contributed by atoms with Gasteiger partial charge in [0.15, 0.2) is 5.13 Å². The van der Waals surface area contributed by atoms with Gasteiger partial charge in [0.05, 0.1) is 21.3 Å². The zero-order valence-corrected chi connectivity index (χ0v) is 21.7. The van der Waals surface area contributed by atoms with Crippen molar-refractivity contribution in [2.45, 2.75) is 19.4 Å². The van der Waals surface area contributed by atoms with Crippen LogP contribution in [0.1, 0.15) is 48.9 Å². The van der Waals surface area contributed by atoms with Gasteiger partial charge in [0.1, 0.15) is 10.6 Å². The van der Waals surface area contributed by atoms with Crippen LogP contribution in [0.3, 0.4) is 0 Å². The molecular formula is C23H21Cl2LiN4O5S. The molecule has 1 aliphatic heterocycles. The molecule has 1 amide bonds. The van der Waals surface area contributed by atoms with Crippen molar-refractivity contribution in [2.75, 3.05) is 18.0 Å². The van der Waals surface area contributed by atoms with E-state index in [1.54, 1.807) is 19.1 Å². The third-order valence-corrected chi connectivity index (χ3v) is 8.56. The van der Waals surface area contributed by atoms with Gasteiger partial charge in [-0.2, -0.15) is 0 Å². The van der Waals surface area contributed by atoms with E-state index in [9.17, 15) is 24.6 Å². The molecule has 2 unspecified atom stereocenters. The molecular weight excluding hydrogens is 522 g/mol. The predicted molar refractivity (Wildman–Crippen MR) is 132 cm³/mol. The number of halogens is 2. The number of carboxylic acids is 2. The van der Waals surface area contributed by atoms with E-state index in [4.69, 9.17) is 23.2 Å². The summed E-state index contributed by atoms with van der Waals surface area (Å²) in [6.45, 7) is 3.04. The van der Waals surface area contributed by atoms with Crippen LogP contribution in [-0.2, 0) is 6.42 Å². The maximum absolute atomic E-state index is 12.6. The SMILES string of the molecule is Cc1[nH]c(C(=O)NC2C3CN(c4nc(Cc5cccc(C(=O)O)c5)c(C(=O)O)s4)CC32)c(Cl)c1Cl.[H-].[Li+]. The summed E-state index contributed by atoms with van der Waals surface area (Å²) < 4.78 is 0. The molecule has 4 N–H and O–H groups in total. The van der Waals surface area contributed by atoms with Gasteiger partial charge in [-0.15, -0.1) is 0 Å². The number of rotatable bonds is 7. The minimum atomic E-state index is -1.07. The van der Waals surface area contributed by atoms with Gasteiger partial charge in [-0.1, -0.05) is 46.7 Å². The molecule has 5 rings (SSSR count). The van der Waals surface area contributed by atoms with Crippen LogP contribution in [0.4, 0.5) is 5.13 Å². The van der Waals surface area contributed by atoms with Crippen LogP contribution in [-0.4, -0.2) is 57.2 Å². The molecule has 1 aliphatic carbocycles. The molecule has 0 radical (unpaired) electrons. The molecule has 9 nitrogen and oxygen atoms in total. The number of carbonyl (C=O) groups excluding carboxylic acids is 1. The number of benzene rings is 1. The Kier molecular flexibility index (Phi) is 7.47. The van der Waals surface area contributed by atoms with E-state index in [0.29, 0.717) is 40.2 Å². The van der Waals surface area contributed by atoms with Crippen molar-refractivity contribution in [1.29, 1.82) is 0 Å². The summed E-state index contributed by atoms with van der Waals surface area (Å²) in [7, 11) is 0. The number of carboxylic acid groups (broad SMARTS) is 2. The summed E-state index contributed by atoms with van der Waals surface area (Å²) in [6, 6.07) is 6.40. The normalized spacial score (nSPS) is 20.0. The Bertz CT molecular complexity index is 1370. The molecule has 1 saturated carbocycles. The fraction of sp³-hybridized carbons (Fsp3) is 0.304. The van der Waals surface area contributed by atoms with Crippen molar-refractivity contribution >= 4 is 57.5 Å². The predicted octanol–water partition coefficient (Wildman–Crippen LogP) is 1.05. The van der Waals surface area contributed by atoms with Crippen LogP contribution in [0.2, 0.25) is 10.0 Å². The maximum atomic E-state index is 12.6. The number of aromatic carboxylic acids is 2. The molecule has 2 aliphatic rings. The first-order valence-electron chi connectivity index (χ1n) is 10.8. The third kappa shape index (κ3) is 4.88. The van der Waals surface area contributed by atoms with Gasteiger partial charge in [0, 0.05) is 43.1 Å². The largest absolute Gasteiger partial charge is 1.00 e. The Labute approximate surface area is 233 Å². The first-order chi connectivity index (χ1) is 16.6. The van der Waals surface area contributed by atoms with E-state index in [1.165, 1.54) is 12.1 Å². The Balaban J connectivity index is 0.00000190. The molecule has 13 heteroatoms. The average Bonchev–Trinajstić information content (AvgIpc) is 3.19. The number of thiazole rings is 1. The van der Waals surface area contributed by atoms with Gasteiger partial charge >= 0.3 is 30.8 Å². The molecule has 0 bridgehead atoms. The number of nitrogens with zero attached hydrogens (tertiary/aromatic N) is 2. The fourth-order valence-electron chi connectivity index (χ4n) is 4.62. The Morgan fingerprint density at radius 1 is 1.19 bits per heavy atom. The second-order valence-corrected chi connectivity index (χ2v) is 10.5. The van der Waals surface area contributed by atoms with Crippen molar-refractivity contribution in [3.8, 4) is 0 Å². The Morgan fingerprint density at radius 3 is 2.47 bits per heavy atom. The van der Waals surface area contributed by atoms with Gasteiger partial charge in [-0.3, -0.25) is 4.79 Å². The third-order valence-electron chi connectivity index (χ3n) is 6.47. The summed E-state index contributed by atoms with van der Waals surface area (Å²) in [5, 5.41) is 23.1. The van der Waals surface area contributed by atoms with Crippen LogP contribution < -0.4 is 29.1 Å². The summed E-state index contributed by atoms with van der Waals surface area (Å²) in [5.74, 6) is -1.94. The number of aryl methyl sites for hydroxylation is 1. The summed E-state index contributed by atoms with van der Waals surface area (Å²) in [4.78, 5) is 45.4. The molecule has 36 heavy (non-hydrogen) atoms. The summed E-state index contributed by atoms with van der Waals surface area (Å²) >= 11 is 13.3. The minimum Gasteiger partial charge on any atom is -1.00 e. The minimum absolute atomic E-state index is 0. The van der Waals surface area contributed by atoms with E-state index in [2.05, 4.69) is 15.3 Å². The molecule has 3 heterocycles. The van der Waals surface area contributed by atoms with Crippen molar-refractivity contribution in [1.82, 2.24) is 15.3 Å². The van der Waals surface area contributed by atoms with Crippen molar-refractivity contribution < 1.29 is 44.9 Å². The monoisotopic (exact) mass is 542 g/mol. The first kappa shape index (κ1) is 26.6. The number of fused-ring (bicyclic) bond motifs is 1. The van der Waals surface area contributed by atoms with E-state index < -0.39 is 11.9 Å². The smallest absolute Gasteiger partial charge is 1.00 e.